The third-order valence-electron chi connectivity index (χ3n) is 4.66. The van der Waals surface area contributed by atoms with Crippen molar-refractivity contribution in [2.75, 3.05) is 13.2 Å². The third kappa shape index (κ3) is 3.57. The van der Waals surface area contributed by atoms with Crippen LogP contribution in [0.3, 0.4) is 0 Å². The summed E-state index contributed by atoms with van der Waals surface area (Å²) in [7, 11) is 0. The molecule has 0 amide bonds. The van der Waals surface area contributed by atoms with Crippen molar-refractivity contribution in [3.05, 3.63) is 0 Å². The Kier molecular flexibility index (Phi) is 4.36. The summed E-state index contributed by atoms with van der Waals surface area (Å²) in [6.07, 6.45) is 4.75. The fraction of sp³-hybridized carbons (Fsp3) is 0.938. The van der Waals surface area contributed by atoms with E-state index < -0.39 is 0 Å². The molecule has 0 radical (unpaired) electrons. The highest BCUT2D eigenvalue weighted by Crippen LogP contribution is 2.54. The number of rotatable bonds is 7. The Balaban J connectivity index is 1.68. The van der Waals surface area contributed by atoms with Crippen LogP contribution in [0.25, 0.3) is 0 Å². The summed E-state index contributed by atoms with van der Waals surface area (Å²) in [6, 6.07) is 0. The Labute approximate surface area is 117 Å². The van der Waals surface area contributed by atoms with Crippen LogP contribution in [0, 0.1) is 11.3 Å². The summed E-state index contributed by atoms with van der Waals surface area (Å²) < 4.78 is 11.2. The molecule has 2 rings (SSSR count). The van der Waals surface area contributed by atoms with Crippen LogP contribution in [0.2, 0.25) is 0 Å². The number of carbonyl (C=O) groups is 1. The molecule has 3 unspecified atom stereocenters. The lowest BCUT2D eigenvalue weighted by Crippen LogP contribution is -2.36. The van der Waals surface area contributed by atoms with Gasteiger partial charge in [-0.3, -0.25) is 4.79 Å². The van der Waals surface area contributed by atoms with Gasteiger partial charge in [0, 0.05) is 25.0 Å². The molecule has 110 valence electrons. The molecule has 1 saturated carbocycles. The van der Waals surface area contributed by atoms with E-state index in [-0.39, 0.29) is 11.0 Å². The maximum Gasteiger partial charge on any atom is 0.138 e. The van der Waals surface area contributed by atoms with Crippen LogP contribution in [0.15, 0.2) is 0 Å². The molecule has 0 bridgehead atoms. The van der Waals surface area contributed by atoms with Crippen LogP contribution in [-0.2, 0) is 14.3 Å². The lowest BCUT2D eigenvalue weighted by atomic mass is 9.69. The molecule has 0 spiro atoms. The van der Waals surface area contributed by atoms with Gasteiger partial charge in [0.05, 0.1) is 11.7 Å². The quantitative estimate of drug-likeness (QED) is 0.525. The van der Waals surface area contributed by atoms with Crippen LogP contribution in [0.4, 0.5) is 0 Å². The second-order valence-electron chi connectivity index (χ2n) is 7.18. The van der Waals surface area contributed by atoms with Crippen molar-refractivity contribution >= 4 is 5.78 Å². The number of hydrogen-bond acceptors (Lipinski definition) is 3. The molecule has 19 heavy (non-hydrogen) atoms. The first-order chi connectivity index (χ1) is 8.86. The van der Waals surface area contributed by atoms with Gasteiger partial charge in [0.25, 0.3) is 0 Å². The van der Waals surface area contributed by atoms with Crippen molar-refractivity contribution in [3.8, 4) is 0 Å². The van der Waals surface area contributed by atoms with E-state index in [4.69, 9.17) is 9.47 Å². The van der Waals surface area contributed by atoms with Crippen molar-refractivity contribution in [2.24, 2.45) is 11.3 Å². The largest absolute Gasteiger partial charge is 0.381 e. The lowest BCUT2D eigenvalue weighted by molar-refractivity contribution is -0.129. The first kappa shape index (κ1) is 15.0. The zero-order valence-corrected chi connectivity index (χ0v) is 12.8. The third-order valence-corrected chi connectivity index (χ3v) is 4.66. The minimum atomic E-state index is -0.154. The van der Waals surface area contributed by atoms with E-state index in [0.29, 0.717) is 30.8 Å². The Morgan fingerprint density at radius 2 is 2.11 bits per heavy atom. The van der Waals surface area contributed by atoms with E-state index in [2.05, 4.69) is 27.7 Å². The second-order valence-corrected chi connectivity index (χ2v) is 7.18. The number of Topliss-reactive ketones (excluding diaryl/α,β-unsaturated/α-hetero) is 1. The fourth-order valence-electron chi connectivity index (χ4n) is 3.01. The Hall–Kier alpha value is -0.410. The summed E-state index contributed by atoms with van der Waals surface area (Å²) in [5.74, 6) is 0.967. The number of hydrogen-bond donors (Lipinski definition) is 0. The summed E-state index contributed by atoms with van der Waals surface area (Å²) in [5, 5.41) is 0. The molecule has 3 heteroatoms. The molecule has 1 heterocycles. The van der Waals surface area contributed by atoms with Crippen LogP contribution < -0.4 is 0 Å². The molecular weight excluding hydrogens is 240 g/mol. The molecule has 1 aliphatic heterocycles. The van der Waals surface area contributed by atoms with E-state index in [1.807, 2.05) is 0 Å². The molecule has 1 saturated heterocycles. The molecule has 0 aromatic heterocycles. The van der Waals surface area contributed by atoms with E-state index in [1.54, 1.807) is 0 Å². The van der Waals surface area contributed by atoms with Crippen molar-refractivity contribution < 1.29 is 14.3 Å². The maximum absolute atomic E-state index is 12.4. The van der Waals surface area contributed by atoms with E-state index in [0.717, 1.165) is 32.3 Å². The van der Waals surface area contributed by atoms with Crippen molar-refractivity contribution in [3.63, 3.8) is 0 Å². The topological polar surface area (TPSA) is 38.8 Å². The van der Waals surface area contributed by atoms with Gasteiger partial charge in [0.1, 0.15) is 5.78 Å². The molecular formula is C16H28O3. The van der Waals surface area contributed by atoms with Crippen LogP contribution in [0.5, 0.6) is 0 Å². The molecule has 0 aromatic rings. The SMILES string of the molecule is CC(C)COCCCC(=O)C1(C)CCC2(C)OC2C1. The van der Waals surface area contributed by atoms with Gasteiger partial charge < -0.3 is 9.47 Å². The van der Waals surface area contributed by atoms with Crippen LogP contribution in [0.1, 0.15) is 59.8 Å². The first-order valence-corrected chi connectivity index (χ1v) is 7.65. The zero-order valence-electron chi connectivity index (χ0n) is 12.8. The zero-order chi connectivity index (χ0) is 14.1. The Morgan fingerprint density at radius 1 is 1.37 bits per heavy atom. The summed E-state index contributed by atoms with van der Waals surface area (Å²) >= 11 is 0. The number of epoxide rings is 1. The van der Waals surface area contributed by atoms with Gasteiger partial charge in [0.2, 0.25) is 0 Å². The molecule has 0 aromatic carbocycles. The average Bonchev–Trinajstić information content (AvgIpc) is 2.98. The highest BCUT2D eigenvalue weighted by Gasteiger charge is 2.59. The normalized spacial score (nSPS) is 37.2. The minimum absolute atomic E-state index is 0.0974. The summed E-state index contributed by atoms with van der Waals surface area (Å²) in [6.45, 7) is 10.1. The average molecular weight is 268 g/mol. The van der Waals surface area contributed by atoms with Gasteiger partial charge in [-0.2, -0.15) is 0 Å². The number of carbonyl (C=O) groups excluding carboxylic acids is 1. The van der Waals surface area contributed by atoms with Crippen molar-refractivity contribution in [2.45, 2.75) is 71.5 Å². The van der Waals surface area contributed by atoms with E-state index in [9.17, 15) is 4.79 Å². The van der Waals surface area contributed by atoms with Crippen molar-refractivity contribution in [1.29, 1.82) is 0 Å². The van der Waals surface area contributed by atoms with E-state index >= 15 is 0 Å². The molecule has 1 aliphatic carbocycles. The van der Waals surface area contributed by atoms with Gasteiger partial charge in [0.15, 0.2) is 0 Å². The van der Waals surface area contributed by atoms with Gasteiger partial charge in [-0.15, -0.1) is 0 Å². The number of ketones is 1. The van der Waals surface area contributed by atoms with Crippen LogP contribution >= 0.6 is 0 Å². The highest BCUT2D eigenvalue weighted by molar-refractivity contribution is 5.84. The lowest BCUT2D eigenvalue weighted by Gasteiger charge is -2.32. The number of fused-ring (bicyclic) bond motifs is 1. The summed E-state index contributed by atoms with van der Waals surface area (Å²) in [5.41, 5.74) is -0.0567. The summed E-state index contributed by atoms with van der Waals surface area (Å²) in [4.78, 5) is 12.4. The van der Waals surface area contributed by atoms with Gasteiger partial charge in [-0.05, 0) is 38.5 Å². The Morgan fingerprint density at radius 3 is 2.74 bits per heavy atom. The predicted molar refractivity (Wildman–Crippen MR) is 75.1 cm³/mol. The monoisotopic (exact) mass is 268 g/mol. The highest BCUT2D eigenvalue weighted by atomic mass is 16.6. The Bertz CT molecular complexity index is 339. The number of ether oxygens (including phenoxy) is 2. The molecule has 2 aliphatic rings. The van der Waals surface area contributed by atoms with E-state index in [1.165, 1.54) is 0 Å². The van der Waals surface area contributed by atoms with Crippen molar-refractivity contribution in [1.82, 2.24) is 0 Å². The molecule has 0 N–H and O–H groups in total. The fourth-order valence-corrected chi connectivity index (χ4v) is 3.01. The maximum atomic E-state index is 12.4. The molecule has 3 nitrogen and oxygen atoms in total. The molecule has 2 fully saturated rings. The predicted octanol–water partition coefficient (Wildman–Crippen LogP) is 3.36. The van der Waals surface area contributed by atoms with Gasteiger partial charge >= 0.3 is 0 Å². The van der Waals surface area contributed by atoms with Gasteiger partial charge in [-0.1, -0.05) is 20.8 Å². The van der Waals surface area contributed by atoms with Crippen LogP contribution in [-0.4, -0.2) is 30.7 Å². The van der Waals surface area contributed by atoms with Gasteiger partial charge in [-0.25, -0.2) is 0 Å². The first-order valence-electron chi connectivity index (χ1n) is 7.65. The smallest absolute Gasteiger partial charge is 0.138 e. The molecule has 3 atom stereocenters. The minimum Gasteiger partial charge on any atom is -0.381 e. The second kappa shape index (κ2) is 5.53. The standard InChI is InChI=1S/C16H28O3/c1-12(2)11-18-9-5-6-13(17)15(3)7-8-16(4)14(10-15)19-16/h12,14H,5-11H2,1-4H3.